The van der Waals surface area contributed by atoms with Gasteiger partial charge in [0, 0.05) is 18.0 Å². The number of phenols is 1. The predicted octanol–water partition coefficient (Wildman–Crippen LogP) is 0.955. The number of carbonyl (C=O) groups excluding carboxylic acids is 1. The van der Waals surface area contributed by atoms with Crippen LogP contribution in [0.4, 0.5) is 0 Å². The van der Waals surface area contributed by atoms with E-state index in [1.165, 1.54) is 6.07 Å². The molecule has 5 N–H and O–H groups in total. The number of hydrogen-bond acceptors (Lipinski definition) is 4. The number of amidine groups is 1. The molecule has 0 fully saturated rings. The van der Waals surface area contributed by atoms with Gasteiger partial charge in [-0.05, 0) is 31.5 Å². The maximum Gasteiger partial charge on any atom is 0.251 e. The fourth-order valence-electron chi connectivity index (χ4n) is 1.46. The number of nitrogens with two attached hydrogens (primary N) is 1. The SMILES string of the molecule is Cc1ccc(C(=O)NC(C)CC(N)=NO)cc1O. The van der Waals surface area contributed by atoms with Gasteiger partial charge < -0.3 is 21.4 Å². The standard InChI is InChI=1S/C12H17N3O3/c1-7-3-4-9(6-10(7)16)12(17)14-8(2)5-11(13)15-18/h3-4,6,8,16,18H,5H2,1-2H3,(H2,13,15)(H,14,17). The molecule has 0 aromatic heterocycles. The van der Waals surface area contributed by atoms with Gasteiger partial charge in [0.1, 0.15) is 11.6 Å². The summed E-state index contributed by atoms with van der Waals surface area (Å²) in [7, 11) is 0. The number of nitrogens with one attached hydrogen (secondary N) is 1. The number of oxime groups is 1. The molecule has 1 unspecified atom stereocenters. The van der Waals surface area contributed by atoms with Gasteiger partial charge >= 0.3 is 0 Å². The summed E-state index contributed by atoms with van der Waals surface area (Å²) in [6.07, 6.45) is 0.250. The molecule has 0 bridgehead atoms. The molecule has 0 saturated heterocycles. The van der Waals surface area contributed by atoms with Crippen molar-refractivity contribution in [2.24, 2.45) is 10.9 Å². The van der Waals surface area contributed by atoms with Crippen LogP contribution in [0.5, 0.6) is 5.75 Å². The summed E-state index contributed by atoms with van der Waals surface area (Å²) in [5.41, 5.74) is 6.41. The van der Waals surface area contributed by atoms with Gasteiger partial charge in [-0.25, -0.2) is 0 Å². The number of aryl methyl sites for hydroxylation is 1. The highest BCUT2D eigenvalue weighted by Crippen LogP contribution is 2.17. The van der Waals surface area contributed by atoms with Gasteiger partial charge in [-0.15, -0.1) is 0 Å². The lowest BCUT2D eigenvalue weighted by Crippen LogP contribution is -2.35. The molecule has 0 aliphatic rings. The molecule has 0 heterocycles. The Hall–Kier alpha value is -2.24. The number of hydrogen-bond donors (Lipinski definition) is 4. The van der Waals surface area contributed by atoms with Gasteiger partial charge in [0.15, 0.2) is 0 Å². The Balaban J connectivity index is 2.67. The largest absolute Gasteiger partial charge is 0.508 e. The molecule has 1 amide bonds. The molecule has 98 valence electrons. The lowest BCUT2D eigenvalue weighted by atomic mass is 10.1. The van der Waals surface area contributed by atoms with Crippen molar-refractivity contribution < 1.29 is 15.1 Å². The minimum absolute atomic E-state index is 0.0505. The second-order valence-electron chi connectivity index (χ2n) is 4.17. The smallest absolute Gasteiger partial charge is 0.251 e. The molecular formula is C12H17N3O3. The van der Waals surface area contributed by atoms with E-state index in [9.17, 15) is 9.90 Å². The van der Waals surface area contributed by atoms with Crippen molar-refractivity contribution in [2.75, 3.05) is 0 Å². The second kappa shape index (κ2) is 5.90. The van der Waals surface area contributed by atoms with Crippen molar-refractivity contribution in [3.8, 4) is 5.75 Å². The van der Waals surface area contributed by atoms with Gasteiger partial charge in [-0.3, -0.25) is 4.79 Å². The monoisotopic (exact) mass is 251 g/mol. The molecular weight excluding hydrogens is 234 g/mol. The number of benzene rings is 1. The maximum absolute atomic E-state index is 11.8. The zero-order valence-electron chi connectivity index (χ0n) is 10.3. The average molecular weight is 251 g/mol. The summed E-state index contributed by atoms with van der Waals surface area (Å²) >= 11 is 0. The van der Waals surface area contributed by atoms with E-state index in [2.05, 4.69) is 10.5 Å². The lowest BCUT2D eigenvalue weighted by molar-refractivity contribution is 0.0940. The van der Waals surface area contributed by atoms with Gasteiger partial charge in [0.2, 0.25) is 0 Å². The van der Waals surface area contributed by atoms with Crippen LogP contribution in [0.1, 0.15) is 29.3 Å². The highest BCUT2D eigenvalue weighted by Gasteiger charge is 2.12. The van der Waals surface area contributed by atoms with Crippen LogP contribution in [-0.2, 0) is 0 Å². The third-order valence-corrected chi connectivity index (χ3v) is 2.49. The van der Waals surface area contributed by atoms with E-state index >= 15 is 0 Å². The van der Waals surface area contributed by atoms with Gasteiger partial charge in [0.05, 0.1) is 0 Å². The number of carbonyl (C=O) groups is 1. The molecule has 18 heavy (non-hydrogen) atoms. The third kappa shape index (κ3) is 3.65. The number of rotatable bonds is 4. The Morgan fingerprint density at radius 2 is 2.22 bits per heavy atom. The minimum Gasteiger partial charge on any atom is -0.508 e. The average Bonchev–Trinajstić information content (AvgIpc) is 2.32. The predicted molar refractivity (Wildman–Crippen MR) is 67.8 cm³/mol. The number of nitrogens with zero attached hydrogens (tertiary/aromatic N) is 1. The molecule has 0 radical (unpaired) electrons. The zero-order chi connectivity index (χ0) is 13.7. The van der Waals surface area contributed by atoms with Crippen LogP contribution in [0, 0.1) is 6.92 Å². The number of amides is 1. The first-order valence-electron chi connectivity index (χ1n) is 5.51. The minimum atomic E-state index is -0.316. The quantitative estimate of drug-likeness (QED) is 0.276. The number of aromatic hydroxyl groups is 1. The van der Waals surface area contributed by atoms with Crippen LogP contribution >= 0.6 is 0 Å². The Morgan fingerprint density at radius 1 is 1.56 bits per heavy atom. The summed E-state index contributed by atoms with van der Waals surface area (Å²) < 4.78 is 0. The van der Waals surface area contributed by atoms with E-state index in [4.69, 9.17) is 10.9 Å². The maximum atomic E-state index is 11.8. The van der Waals surface area contributed by atoms with Crippen LogP contribution in [0.25, 0.3) is 0 Å². The van der Waals surface area contributed by atoms with Gasteiger partial charge in [-0.1, -0.05) is 11.2 Å². The van der Waals surface area contributed by atoms with Crippen LogP contribution < -0.4 is 11.1 Å². The van der Waals surface area contributed by atoms with E-state index in [1.54, 1.807) is 26.0 Å². The molecule has 1 aromatic carbocycles. The van der Waals surface area contributed by atoms with Crippen LogP contribution in [0.3, 0.4) is 0 Å². The first-order valence-corrected chi connectivity index (χ1v) is 5.51. The van der Waals surface area contributed by atoms with E-state index in [0.717, 1.165) is 0 Å². The van der Waals surface area contributed by atoms with E-state index in [-0.39, 0.29) is 30.0 Å². The normalized spacial score (nSPS) is 13.1. The zero-order valence-corrected chi connectivity index (χ0v) is 10.3. The number of phenolic OH excluding ortho intramolecular Hbond substituents is 1. The molecule has 6 heteroatoms. The Bertz CT molecular complexity index is 472. The van der Waals surface area contributed by atoms with Crippen LogP contribution in [0.15, 0.2) is 23.4 Å². The Morgan fingerprint density at radius 3 is 2.78 bits per heavy atom. The lowest BCUT2D eigenvalue weighted by Gasteiger charge is -2.13. The summed E-state index contributed by atoms with van der Waals surface area (Å²) in [6.45, 7) is 3.49. The fraction of sp³-hybridized carbons (Fsp3) is 0.333. The summed E-state index contributed by atoms with van der Waals surface area (Å²) in [5.74, 6) is -0.190. The van der Waals surface area contributed by atoms with Crippen LogP contribution in [0.2, 0.25) is 0 Å². The fourth-order valence-corrected chi connectivity index (χ4v) is 1.46. The second-order valence-corrected chi connectivity index (χ2v) is 4.17. The molecule has 0 aliphatic heterocycles. The van der Waals surface area contributed by atoms with Crippen molar-refractivity contribution >= 4 is 11.7 Å². The van der Waals surface area contributed by atoms with E-state index in [0.29, 0.717) is 11.1 Å². The highest BCUT2D eigenvalue weighted by molar-refractivity contribution is 5.95. The molecule has 0 aliphatic carbocycles. The molecule has 1 aromatic rings. The first kappa shape index (κ1) is 13.8. The molecule has 0 saturated carbocycles. The van der Waals surface area contributed by atoms with Crippen LogP contribution in [-0.4, -0.2) is 28.1 Å². The molecule has 1 rings (SSSR count). The molecule has 6 nitrogen and oxygen atoms in total. The van der Waals surface area contributed by atoms with Gasteiger partial charge in [0.25, 0.3) is 5.91 Å². The van der Waals surface area contributed by atoms with Crippen molar-refractivity contribution in [1.29, 1.82) is 0 Å². The Kier molecular flexibility index (Phi) is 4.53. The third-order valence-electron chi connectivity index (χ3n) is 2.49. The summed E-state index contributed by atoms with van der Waals surface area (Å²) in [6, 6.07) is 4.43. The first-order chi connectivity index (χ1) is 8.43. The van der Waals surface area contributed by atoms with Gasteiger partial charge in [-0.2, -0.15) is 0 Å². The van der Waals surface area contributed by atoms with Crippen molar-refractivity contribution in [3.05, 3.63) is 29.3 Å². The summed E-state index contributed by atoms with van der Waals surface area (Å²) in [5, 5.41) is 23.5. The Labute approximate surface area is 105 Å². The summed E-state index contributed by atoms with van der Waals surface area (Å²) in [4.78, 5) is 11.8. The van der Waals surface area contributed by atoms with Crippen molar-refractivity contribution in [2.45, 2.75) is 26.3 Å². The highest BCUT2D eigenvalue weighted by atomic mass is 16.4. The van der Waals surface area contributed by atoms with Crippen molar-refractivity contribution in [3.63, 3.8) is 0 Å². The van der Waals surface area contributed by atoms with E-state index < -0.39 is 0 Å². The molecule has 0 spiro atoms. The van der Waals surface area contributed by atoms with E-state index in [1.807, 2.05) is 0 Å². The topological polar surface area (TPSA) is 108 Å². The molecule has 1 atom stereocenters. The van der Waals surface area contributed by atoms with Crippen molar-refractivity contribution in [1.82, 2.24) is 5.32 Å².